The van der Waals surface area contributed by atoms with Crippen LogP contribution in [-0.4, -0.2) is 23.9 Å². The van der Waals surface area contributed by atoms with Gasteiger partial charge in [0.1, 0.15) is 5.70 Å². The Morgan fingerprint density at radius 3 is 2.74 bits per heavy atom. The Balaban J connectivity index is 2.37. The molecule has 2 N–H and O–H groups in total. The molecule has 0 fully saturated rings. The van der Waals surface area contributed by atoms with Crippen molar-refractivity contribution < 1.29 is 19.2 Å². The predicted molar refractivity (Wildman–Crippen MR) is 65.4 cm³/mol. The maximum absolute atomic E-state index is 11.6. The molecule has 0 aromatic heterocycles. The minimum absolute atomic E-state index is 0.0418. The molecule has 0 saturated heterocycles. The number of carbonyl (C=O) groups is 2. The number of anilines is 2. The highest BCUT2D eigenvalue weighted by Gasteiger charge is 2.22. The number of nitro benzene ring substituents is 1. The Morgan fingerprint density at radius 2 is 2.11 bits per heavy atom. The highest BCUT2D eigenvalue weighted by atomic mass is 16.6. The van der Waals surface area contributed by atoms with Crippen LogP contribution in [0.15, 0.2) is 30.0 Å². The van der Waals surface area contributed by atoms with Gasteiger partial charge in [0.15, 0.2) is 0 Å². The summed E-state index contributed by atoms with van der Waals surface area (Å²) in [7, 11) is 1.18. The van der Waals surface area contributed by atoms with E-state index < -0.39 is 16.8 Å². The summed E-state index contributed by atoms with van der Waals surface area (Å²) >= 11 is 0. The number of methoxy groups -OCH3 is 1. The molecule has 98 valence electrons. The number of hydrogen-bond acceptors (Lipinski definition) is 6. The van der Waals surface area contributed by atoms with Gasteiger partial charge in [-0.3, -0.25) is 14.9 Å². The fourth-order valence-corrected chi connectivity index (χ4v) is 1.53. The number of nitrogens with one attached hydrogen (secondary N) is 2. The first-order valence-corrected chi connectivity index (χ1v) is 5.17. The largest absolute Gasteiger partial charge is 0.466 e. The molecule has 0 atom stereocenters. The van der Waals surface area contributed by atoms with Crippen LogP contribution < -0.4 is 10.6 Å². The number of amides is 1. The molecule has 8 heteroatoms. The van der Waals surface area contributed by atoms with Crippen molar-refractivity contribution in [3.05, 3.63) is 40.1 Å². The molecule has 8 nitrogen and oxygen atoms in total. The van der Waals surface area contributed by atoms with Crippen LogP contribution in [0.2, 0.25) is 0 Å². The zero-order chi connectivity index (χ0) is 14.0. The molecule has 0 unspecified atom stereocenters. The van der Waals surface area contributed by atoms with E-state index in [9.17, 15) is 19.7 Å². The van der Waals surface area contributed by atoms with Crippen molar-refractivity contribution in [3.8, 4) is 0 Å². The van der Waals surface area contributed by atoms with E-state index in [-0.39, 0.29) is 11.4 Å². The highest BCUT2D eigenvalue weighted by molar-refractivity contribution is 6.13. The first-order valence-electron chi connectivity index (χ1n) is 5.17. The smallest absolute Gasteiger partial charge is 0.332 e. The van der Waals surface area contributed by atoms with Crippen LogP contribution in [0.1, 0.15) is 0 Å². The summed E-state index contributed by atoms with van der Waals surface area (Å²) in [5.41, 5.74) is 0.571. The van der Waals surface area contributed by atoms with Gasteiger partial charge in [-0.05, 0) is 6.07 Å². The van der Waals surface area contributed by atoms with Gasteiger partial charge in [0.2, 0.25) is 0 Å². The van der Waals surface area contributed by atoms with E-state index in [1.807, 2.05) is 0 Å². The molecular formula is C11H9N3O5. The van der Waals surface area contributed by atoms with E-state index in [0.29, 0.717) is 11.4 Å². The topological polar surface area (TPSA) is 111 Å². The number of carbonyl (C=O) groups excluding carboxylic acids is 2. The molecule has 19 heavy (non-hydrogen) atoms. The summed E-state index contributed by atoms with van der Waals surface area (Å²) in [6.07, 6.45) is 0.969. The lowest BCUT2D eigenvalue weighted by Gasteiger charge is -2.20. The number of rotatable bonds is 2. The third kappa shape index (κ3) is 2.51. The van der Waals surface area contributed by atoms with Crippen molar-refractivity contribution in [2.45, 2.75) is 0 Å². The van der Waals surface area contributed by atoms with Gasteiger partial charge in [0.05, 0.1) is 29.5 Å². The van der Waals surface area contributed by atoms with Gasteiger partial charge in [-0.25, -0.2) is 4.79 Å². The monoisotopic (exact) mass is 263 g/mol. The molecule has 1 heterocycles. The minimum atomic E-state index is -0.702. The number of ether oxygens (including phenoxy) is 1. The Labute approximate surface area is 107 Å². The van der Waals surface area contributed by atoms with E-state index in [1.165, 1.54) is 25.3 Å². The van der Waals surface area contributed by atoms with Crippen molar-refractivity contribution in [3.63, 3.8) is 0 Å². The van der Waals surface area contributed by atoms with Crippen molar-refractivity contribution in [1.29, 1.82) is 0 Å². The molecule has 1 aromatic carbocycles. The standard InChI is InChI=1S/C11H9N3O5/c1-19-10(15)5-9-11(16)13-7-3-2-6(14(17)18)4-8(7)12-9/h2-5,12H,1H3,(H,13,16). The average molecular weight is 263 g/mol. The van der Waals surface area contributed by atoms with Crippen LogP contribution >= 0.6 is 0 Å². The van der Waals surface area contributed by atoms with Crippen molar-refractivity contribution >= 4 is 28.9 Å². The van der Waals surface area contributed by atoms with E-state index in [4.69, 9.17) is 0 Å². The second-order valence-electron chi connectivity index (χ2n) is 3.65. The number of hydrogen-bond donors (Lipinski definition) is 2. The van der Waals surface area contributed by atoms with Gasteiger partial charge in [0.25, 0.3) is 11.6 Å². The zero-order valence-electron chi connectivity index (χ0n) is 9.80. The Bertz CT molecular complexity index is 608. The van der Waals surface area contributed by atoms with Crippen molar-refractivity contribution in [2.75, 3.05) is 17.7 Å². The van der Waals surface area contributed by atoms with Crippen LogP contribution in [0.3, 0.4) is 0 Å². The van der Waals surface area contributed by atoms with Crippen LogP contribution in [0.5, 0.6) is 0 Å². The summed E-state index contributed by atoms with van der Waals surface area (Å²) in [6, 6.07) is 3.95. The number of esters is 1. The van der Waals surface area contributed by atoms with E-state index in [1.54, 1.807) is 0 Å². The third-order valence-electron chi connectivity index (χ3n) is 2.44. The minimum Gasteiger partial charge on any atom is -0.466 e. The third-order valence-corrected chi connectivity index (χ3v) is 2.44. The van der Waals surface area contributed by atoms with Crippen LogP contribution in [0.25, 0.3) is 0 Å². The van der Waals surface area contributed by atoms with E-state index in [2.05, 4.69) is 15.4 Å². The Kier molecular flexibility index (Phi) is 3.15. The fourth-order valence-electron chi connectivity index (χ4n) is 1.53. The maximum Gasteiger partial charge on any atom is 0.332 e. The van der Waals surface area contributed by atoms with Gasteiger partial charge < -0.3 is 15.4 Å². The number of benzene rings is 1. The SMILES string of the molecule is COC(=O)C=C1Nc2cc([N+](=O)[O-])ccc2NC1=O. The van der Waals surface area contributed by atoms with Gasteiger partial charge in [-0.2, -0.15) is 0 Å². The number of nitrogens with zero attached hydrogens (tertiary/aromatic N) is 1. The normalized spacial score (nSPS) is 15.2. The lowest BCUT2D eigenvalue weighted by atomic mass is 10.1. The van der Waals surface area contributed by atoms with Gasteiger partial charge >= 0.3 is 5.97 Å². The summed E-state index contributed by atoms with van der Waals surface area (Å²) in [4.78, 5) is 32.8. The van der Waals surface area contributed by atoms with Gasteiger partial charge in [-0.15, -0.1) is 0 Å². The van der Waals surface area contributed by atoms with E-state index >= 15 is 0 Å². The molecule has 1 aliphatic rings. The zero-order valence-corrected chi connectivity index (χ0v) is 9.80. The average Bonchev–Trinajstić information content (AvgIpc) is 2.38. The lowest BCUT2D eigenvalue weighted by Crippen LogP contribution is -2.26. The molecule has 2 rings (SSSR count). The molecule has 0 spiro atoms. The van der Waals surface area contributed by atoms with Crippen LogP contribution in [-0.2, 0) is 14.3 Å². The number of nitro groups is 1. The quantitative estimate of drug-likeness (QED) is 0.356. The lowest BCUT2D eigenvalue weighted by molar-refractivity contribution is -0.384. The highest BCUT2D eigenvalue weighted by Crippen LogP contribution is 2.31. The van der Waals surface area contributed by atoms with Crippen LogP contribution in [0, 0.1) is 10.1 Å². The molecule has 0 saturated carbocycles. The summed E-state index contributed by atoms with van der Waals surface area (Å²) in [5.74, 6) is -1.22. The molecule has 0 aliphatic carbocycles. The first-order chi connectivity index (χ1) is 9.01. The first kappa shape index (κ1) is 12.6. The summed E-state index contributed by atoms with van der Waals surface area (Å²) in [5, 5.41) is 15.8. The number of fused-ring (bicyclic) bond motifs is 1. The van der Waals surface area contributed by atoms with Crippen molar-refractivity contribution in [1.82, 2.24) is 0 Å². The van der Waals surface area contributed by atoms with Gasteiger partial charge in [0, 0.05) is 12.1 Å². The molecular weight excluding hydrogens is 254 g/mol. The summed E-state index contributed by atoms with van der Waals surface area (Å²) in [6.45, 7) is 0. The van der Waals surface area contributed by atoms with E-state index in [0.717, 1.165) is 6.08 Å². The Hall–Kier alpha value is -2.90. The number of non-ortho nitro benzene ring substituents is 1. The van der Waals surface area contributed by atoms with Crippen LogP contribution in [0.4, 0.5) is 17.1 Å². The van der Waals surface area contributed by atoms with Gasteiger partial charge in [-0.1, -0.05) is 0 Å². The summed E-state index contributed by atoms with van der Waals surface area (Å²) < 4.78 is 4.41. The molecule has 1 aromatic rings. The molecule has 0 bridgehead atoms. The second-order valence-corrected chi connectivity index (χ2v) is 3.65. The van der Waals surface area contributed by atoms with Crippen molar-refractivity contribution in [2.24, 2.45) is 0 Å². The Morgan fingerprint density at radius 1 is 1.37 bits per heavy atom. The second kappa shape index (κ2) is 4.77. The fraction of sp³-hybridized carbons (Fsp3) is 0.0909. The molecule has 1 aliphatic heterocycles. The molecule has 0 radical (unpaired) electrons. The predicted octanol–water partition coefficient (Wildman–Crippen LogP) is 1.02. The molecule has 1 amide bonds. The maximum atomic E-state index is 11.6.